The molecule has 0 saturated carbocycles. The minimum absolute atomic E-state index is 0.992. The molecule has 0 radical (unpaired) electrons. The Morgan fingerprint density at radius 1 is 1.42 bits per heavy atom. The maximum absolute atomic E-state index is 3.53. The second-order valence-electron chi connectivity index (χ2n) is 4.07. The lowest BCUT2D eigenvalue weighted by molar-refractivity contribution is -0.883. The Morgan fingerprint density at radius 2 is 2.00 bits per heavy atom. The predicted octanol–water partition coefficient (Wildman–Crippen LogP) is 3.03. The Balaban J connectivity index is 2.77. The molecule has 0 aliphatic heterocycles. The molecular formula is C9H15BrNS+. The summed E-state index contributed by atoms with van der Waals surface area (Å²) in [6, 6.07) is 2.23. The Labute approximate surface area is 86.7 Å². The van der Waals surface area contributed by atoms with E-state index in [1.807, 2.05) is 11.3 Å². The third kappa shape index (κ3) is 2.88. The average molecular weight is 249 g/mol. The molecule has 0 amide bonds. The fourth-order valence-electron chi connectivity index (χ4n) is 1.06. The molecule has 0 spiro atoms. The van der Waals surface area contributed by atoms with E-state index < -0.39 is 0 Å². The largest absolute Gasteiger partial charge is 0.326 e. The van der Waals surface area contributed by atoms with Gasteiger partial charge in [-0.15, -0.1) is 11.3 Å². The van der Waals surface area contributed by atoms with Crippen molar-refractivity contribution in [3.8, 4) is 0 Å². The molecule has 0 aliphatic rings. The molecule has 0 N–H and O–H groups in total. The molecule has 68 valence electrons. The Bertz CT molecular complexity index is 253. The van der Waals surface area contributed by atoms with Crippen molar-refractivity contribution in [1.82, 2.24) is 0 Å². The van der Waals surface area contributed by atoms with Crippen molar-refractivity contribution in [1.29, 1.82) is 0 Å². The van der Waals surface area contributed by atoms with Crippen LogP contribution in [0.4, 0.5) is 0 Å². The zero-order valence-corrected chi connectivity index (χ0v) is 10.4. The highest BCUT2D eigenvalue weighted by Gasteiger charge is 2.11. The molecular weight excluding hydrogens is 234 g/mol. The van der Waals surface area contributed by atoms with E-state index >= 15 is 0 Å². The fraction of sp³-hybridized carbons (Fsp3) is 0.556. The van der Waals surface area contributed by atoms with Gasteiger partial charge in [-0.25, -0.2) is 0 Å². The van der Waals surface area contributed by atoms with E-state index in [9.17, 15) is 0 Å². The lowest BCUT2D eigenvalue weighted by atomic mass is 10.4. The SMILES string of the molecule is Cc1sc(C[N+](C)(C)C)cc1Br. The number of aryl methyl sites for hydroxylation is 1. The average Bonchev–Trinajstić information content (AvgIpc) is 2.07. The van der Waals surface area contributed by atoms with Crippen LogP contribution in [0.3, 0.4) is 0 Å². The van der Waals surface area contributed by atoms with Crippen molar-refractivity contribution in [2.24, 2.45) is 0 Å². The summed E-state index contributed by atoms with van der Waals surface area (Å²) >= 11 is 5.41. The smallest absolute Gasteiger partial charge is 0.113 e. The third-order valence-electron chi connectivity index (χ3n) is 1.54. The van der Waals surface area contributed by atoms with Gasteiger partial charge in [-0.1, -0.05) is 0 Å². The molecule has 1 heterocycles. The van der Waals surface area contributed by atoms with Gasteiger partial charge in [0.15, 0.2) is 0 Å². The van der Waals surface area contributed by atoms with E-state index in [-0.39, 0.29) is 0 Å². The van der Waals surface area contributed by atoms with Crippen molar-refractivity contribution in [2.45, 2.75) is 13.5 Å². The van der Waals surface area contributed by atoms with Crippen LogP contribution >= 0.6 is 27.3 Å². The van der Waals surface area contributed by atoms with Gasteiger partial charge in [-0.2, -0.15) is 0 Å². The van der Waals surface area contributed by atoms with Gasteiger partial charge >= 0.3 is 0 Å². The summed E-state index contributed by atoms with van der Waals surface area (Å²) in [5, 5.41) is 0. The maximum atomic E-state index is 3.53. The zero-order valence-electron chi connectivity index (χ0n) is 8.02. The van der Waals surface area contributed by atoms with E-state index in [0.29, 0.717) is 0 Å². The Kier molecular flexibility index (Phi) is 2.97. The molecule has 0 aromatic carbocycles. The molecule has 0 fully saturated rings. The number of hydrogen-bond donors (Lipinski definition) is 0. The normalized spacial score (nSPS) is 12.1. The van der Waals surface area contributed by atoms with Crippen LogP contribution < -0.4 is 0 Å². The highest BCUT2D eigenvalue weighted by atomic mass is 79.9. The number of rotatable bonds is 2. The molecule has 0 bridgehead atoms. The molecule has 3 heteroatoms. The van der Waals surface area contributed by atoms with Crippen molar-refractivity contribution >= 4 is 27.3 Å². The molecule has 12 heavy (non-hydrogen) atoms. The lowest BCUT2D eigenvalue weighted by Crippen LogP contribution is -2.32. The van der Waals surface area contributed by atoms with Crippen LogP contribution in [0.25, 0.3) is 0 Å². The van der Waals surface area contributed by atoms with Gasteiger partial charge in [0.1, 0.15) is 6.54 Å². The first kappa shape index (κ1) is 10.2. The van der Waals surface area contributed by atoms with E-state index in [1.54, 1.807) is 0 Å². The minimum atomic E-state index is 0.992. The summed E-state index contributed by atoms with van der Waals surface area (Å²) in [5.74, 6) is 0. The number of quaternary nitrogens is 1. The summed E-state index contributed by atoms with van der Waals surface area (Å²) in [6.45, 7) is 3.25. The van der Waals surface area contributed by atoms with Crippen LogP contribution in [0.5, 0.6) is 0 Å². The molecule has 1 nitrogen and oxygen atoms in total. The van der Waals surface area contributed by atoms with Crippen molar-refractivity contribution in [2.75, 3.05) is 21.1 Å². The predicted molar refractivity (Wildman–Crippen MR) is 58.5 cm³/mol. The number of thiophene rings is 1. The number of nitrogens with zero attached hydrogens (tertiary/aromatic N) is 1. The highest BCUT2D eigenvalue weighted by molar-refractivity contribution is 9.10. The van der Waals surface area contributed by atoms with Crippen LogP contribution in [-0.4, -0.2) is 25.6 Å². The van der Waals surface area contributed by atoms with Crippen LogP contribution in [0.15, 0.2) is 10.5 Å². The van der Waals surface area contributed by atoms with Gasteiger partial charge in [0.2, 0.25) is 0 Å². The second kappa shape index (κ2) is 3.48. The molecule has 0 atom stereocenters. The zero-order chi connectivity index (χ0) is 9.35. The van der Waals surface area contributed by atoms with Gasteiger partial charge in [-0.3, -0.25) is 0 Å². The van der Waals surface area contributed by atoms with Gasteiger partial charge in [0, 0.05) is 9.35 Å². The van der Waals surface area contributed by atoms with Gasteiger partial charge in [-0.05, 0) is 28.9 Å². The van der Waals surface area contributed by atoms with Gasteiger partial charge in [0.05, 0.1) is 26.0 Å². The summed E-state index contributed by atoms with van der Waals surface area (Å²) < 4.78 is 2.24. The summed E-state index contributed by atoms with van der Waals surface area (Å²) in [5.41, 5.74) is 0. The fourth-order valence-corrected chi connectivity index (χ4v) is 2.91. The van der Waals surface area contributed by atoms with E-state index in [1.165, 1.54) is 14.2 Å². The molecule has 0 saturated heterocycles. The van der Waals surface area contributed by atoms with E-state index in [2.05, 4.69) is 50.1 Å². The van der Waals surface area contributed by atoms with Gasteiger partial charge in [0.25, 0.3) is 0 Å². The van der Waals surface area contributed by atoms with Crippen molar-refractivity contribution in [3.63, 3.8) is 0 Å². The van der Waals surface area contributed by atoms with Crippen molar-refractivity contribution < 1.29 is 4.48 Å². The second-order valence-corrected chi connectivity index (χ2v) is 6.26. The minimum Gasteiger partial charge on any atom is -0.326 e. The Morgan fingerprint density at radius 3 is 2.33 bits per heavy atom. The summed E-state index contributed by atoms with van der Waals surface area (Å²) in [7, 11) is 6.63. The van der Waals surface area contributed by atoms with Crippen LogP contribution in [0.1, 0.15) is 9.75 Å². The molecule has 1 rings (SSSR count). The first-order chi connectivity index (χ1) is 5.38. The first-order valence-electron chi connectivity index (χ1n) is 3.94. The molecule has 1 aromatic heterocycles. The summed E-state index contributed by atoms with van der Waals surface area (Å²) in [6.07, 6.45) is 0. The number of hydrogen-bond acceptors (Lipinski definition) is 1. The van der Waals surface area contributed by atoms with Crippen LogP contribution in [0.2, 0.25) is 0 Å². The maximum Gasteiger partial charge on any atom is 0.113 e. The molecule has 0 aliphatic carbocycles. The topological polar surface area (TPSA) is 0 Å². The van der Waals surface area contributed by atoms with Crippen LogP contribution in [0, 0.1) is 6.92 Å². The molecule has 1 aromatic rings. The van der Waals surface area contributed by atoms with E-state index in [4.69, 9.17) is 0 Å². The summed E-state index contributed by atoms with van der Waals surface area (Å²) in [4.78, 5) is 2.82. The lowest BCUT2D eigenvalue weighted by Gasteiger charge is -2.22. The van der Waals surface area contributed by atoms with Gasteiger partial charge < -0.3 is 4.48 Å². The Hall–Kier alpha value is 0.140. The standard InChI is InChI=1S/C9H15BrNS/c1-7-9(10)5-8(12-7)6-11(2,3)4/h5H,6H2,1-4H3/q+1. The number of halogens is 1. The van der Waals surface area contributed by atoms with Crippen molar-refractivity contribution in [3.05, 3.63) is 20.3 Å². The molecule has 0 unspecified atom stereocenters. The van der Waals surface area contributed by atoms with Crippen LogP contribution in [-0.2, 0) is 6.54 Å². The quantitative estimate of drug-likeness (QED) is 0.707. The third-order valence-corrected chi connectivity index (χ3v) is 3.66. The van der Waals surface area contributed by atoms with E-state index in [0.717, 1.165) is 11.0 Å². The highest BCUT2D eigenvalue weighted by Crippen LogP contribution is 2.27. The first-order valence-corrected chi connectivity index (χ1v) is 5.55. The monoisotopic (exact) mass is 248 g/mol.